The summed E-state index contributed by atoms with van der Waals surface area (Å²) in [7, 11) is 0. The zero-order chi connectivity index (χ0) is 55.6. The summed E-state index contributed by atoms with van der Waals surface area (Å²) >= 11 is 0. The lowest BCUT2D eigenvalue weighted by Crippen LogP contribution is -2.51. The van der Waals surface area contributed by atoms with E-state index in [1.807, 2.05) is 6.07 Å². The van der Waals surface area contributed by atoms with Crippen molar-refractivity contribution < 1.29 is 33.6 Å². The first-order valence-corrected chi connectivity index (χ1v) is 32.4. The molecule has 0 saturated heterocycles. The number of unbranched alkanes of at least 4 members (excludes halogenated alkanes) is 18. The van der Waals surface area contributed by atoms with Crippen LogP contribution in [-0.2, 0) is 9.53 Å². The van der Waals surface area contributed by atoms with Crippen molar-refractivity contribution in [3.8, 4) is 23.0 Å². The van der Waals surface area contributed by atoms with Gasteiger partial charge >= 0.3 is 5.97 Å². The van der Waals surface area contributed by atoms with Crippen LogP contribution in [0.1, 0.15) is 276 Å². The van der Waals surface area contributed by atoms with Crippen molar-refractivity contribution in [2.24, 2.45) is 51.4 Å². The van der Waals surface area contributed by atoms with Gasteiger partial charge in [-0.1, -0.05) is 189 Å². The minimum atomic E-state index is -0.375. The van der Waals surface area contributed by atoms with E-state index in [9.17, 15) is 14.7 Å². The summed E-state index contributed by atoms with van der Waals surface area (Å²) in [4.78, 5) is 26.3. The molecule has 9 nitrogen and oxygen atoms in total. The molecule has 0 heterocycles. The molecule has 2 aromatic rings. The molecule has 0 aromatic heterocycles. The molecular weight excluding hydrogens is 969 g/mol. The number of aromatic hydroxyl groups is 1. The Morgan fingerprint density at radius 1 is 0.679 bits per heavy atom. The van der Waals surface area contributed by atoms with Crippen LogP contribution in [-0.4, -0.2) is 49.1 Å². The summed E-state index contributed by atoms with van der Waals surface area (Å²) < 4.78 is 24.6. The lowest BCUT2D eigenvalue weighted by molar-refractivity contribution is -0.151. The first-order valence-electron chi connectivity index (χ1n) is 32.4. The lowest BCUT2D eigenvalue weighted by atomic mass is 9.47. The number of hydrazone groups is 1. The molecule has 0 aliphatic heterocycles. The molecule has 78 heavy (non-hydrogen) atoms. The Hall–Kier alpha value is -4.01. The number of carbonyl (C=O) groups excluding carboxylic acids is 2. The number of nitrogens with one attached hydrogen (secondary N) is 1. The van der Waals surface area contributed by atoms with Crippen LogP contribution in [0.2, 0.25) is 0 Å². The average Bonchev–Trinajstić information content (AvgIpc) is 3.88. The molecule has 1 amide bonds. The van der Waals surface area contributed by atoms with Crippen LogP contribution in [0.15, 0.2) is 53.1 Å². The summed E-state index contributed by atoms with van der Waals surface area (Å²) in [5, 5.41) is 14.9. The third-order valence-electron chi connectivity index (χ3n) is 19.4. The molecule has 0 spiro atoms. The van der Waals surface area contributed by atoms with Gasteiger partial charge in [-0.3, -0.25) is 9.59 Å². The summed E-state index contributed by atoms with van der Waals surface area (Å²) in [6, 6.07) is 10.4. The molecule has 0 unspecified atom stereocenters. The number of hydrogen-bond acceptors (Lipinski definition) is 8. The van der Waals surface area contributed by atoms with Crippen molar-refractivity contribution in [3.63, 3.8) is 0 Å². The minimum Gasteiger partial charge on any atom is -0.507 e. The Labute approximate surface area is 475 Å². The van der Waals surface area contributed by atoms with Gasteiger partial charge in [-0.25, -0.2) is 5.43 Å². The quantitative estimate of drug-likeness (QED) is 0.0226. The Bertz CT molecular complexity index is 2130. The van der Waals surface area contributed by atoms with Gasteiger partial charge in [-0.2, -0.15) is 5.10 Å². The number of ether oxygens (including phenoxy) is 4. The number of nitrogens with zero attached hydrogens (tertiary/aromatic N) is 1. The molecule has 8 atom stereocenters. The van der Waals surface area contributed by atoms with Gasteiger partial charge in [0.05, 0.1) is 26.0 Å². The first-order chi connectivity index (χ1) is 37.9. The molecule has 3 fully saturated rings. The fourth-order valence-electron chi connectivity index (χ4n) is 14.8. The van der Waals surface area contributed by atoms with Crippen molar-refractivity contribution in [1.29, 1.82) is 0 Å². The molecule has 4 aliphatic carbocycles. The number of benzene rings is 2. The number of hydrogen-bond donors (Lipinski definition) is 2. The van der Waals surface area contributed by atoms with Crippen LogP contribution >= 0.6 is 0 Å². The fraction of sp³-hybridized carbons (Fsp3) is 0.754. The number of phenolic OH excluding ortho intramolecular Hbond substituents is 1. The van der Waals surface area contributed by atoms with Crippen molar-refractivity contribution in [2.75, 3.05) is 19.8 Å². The highest BCUT2D eigenvalue weighted by Crippen LogP contribution is 2.67. The molecule has 4 aliphatic rings. The molecule has 438 valence electrons. The van der Waals surface area contributed by atoms with E-state index in [-0.39, 0.29) is 29.1 Å². The van der Waals surface area contributed by atoms with Crippen molar-refractivity contribution >= 4 is 18.1 Å². The van der Waals surface area contributed by atoms with Gasteiger partial charge in [0.25, 0.3) is 5.91 Å². The van der Waals surface area contributed by atoms with E-state index < -0.39 is 0 Å². The lowest BCUT2D eigenvalue weighted by Gasteiger charge is -2.58. The predicted octanol–water partition coefficient (Wildman–Crippen LogP) is 18.9. The second-order valence-corrected chi connectivity index (χ2v) is 25.7. The van der Waals surface area contributed by atoms with E-state index >= 15 is 0 Å². The van der Waals surface area contributed by atoms with Crippen LogP contribution in [0.4, 0.5) is 0 Å². The molecular formula is C69H110N2O7. The highest BCUT2D eigenvalue weighted by molar-refractivity contribution is 5.95. The molecule has 0 bridgehead atoms. The van der Waals surface area contributed by atoms with Crippen molar-refractivity contribution in [2.45, 2.75) is 266 Å². The van der Waals surface area contributed by atoms with E-state index in [1.165, 1.54) is 135 Å². The monoisotopic (exact) mass is 1080 g/mol. The number of esters is 1. The summed E-state index contributed by atoms with van der Waals surface area (Å²) in [6.07, 6.45) is 43.0. The number of phenols is 1. The van der Waals surface area contributed by atoms with Gasteiger partial charge in [0.15, 0.2) is 11.5 Å². The van der Waals surface area contributed by atoms with E-state index in [0.29, 0.717) is 60.0 Å². The summed E-state index contributed by atoms with van der Waals surface area (Å²) in [5.74, 6) is 6.44. The van der Waals surface area contributed by atoms with Crippen LogP contribution in [0.3, 0.4) is 0 Å². The zero-order valence-electron chi connectivity index (χ0n) is 50.5. The maximum atomic E-state index is 13.2. The Morgan fingerprint density at radius 2 is 1.31 bits per heavy atom. The molecule has 2 N–H and O–H groups in total. The highest BCUT2D eigenvalue weighted by atomic mass is 16.5. The Balaban J connectivity index is 0.847. The fourth-order valence-corrected chi connectivity index (χ4v) is 14.8. The molecule has 0 radical (unpaired) electrons. The van der Waals surface area contributed by atoms with Gasteiger partial charge in [-0.05, 0) is 147 Å². The predicted molar refractivity (Wildman–Crippen MR) is 322 cm³/mol. The van der Waals surface area contributed by atoms with Gasteiger partial charge in [0.1, 0.15) is 17.6 Å². The van der Waals surface area contributed by atoms with Crippen molar-refractivity contribution in [1.82, 2.24) is 5.43 Å². The highest BCUT2D eigenvalue weighted by Gasteiger charge is 2.59. The van der Waals surface area contributed by atoms with E-state index in [0.717, 1.165) is 113 Å². The maximum absolute atomic E-state index is 13.2. The Morgan fingerprint density at radius 3 is 1.96 bits per heavy atom. The first kappa shape index (κ1) is 63.2. The molecule has 2 aromatic carbocycles. The van der Waals surface area contributed by atoms with E-state index in [2.05, 4.69) is 65.1 Å². The normalized spacial score (nSPS) is 24.1. The second-order valence-electron chi connectivity index (χ2n) is 25.7. The zero-order valence-corrected chi connectivity index (χ0v) is 50.5. The topological polar surface area (TPSA) is 116 Å². The second kappa shape index (κ2) is 33.7. The number of rotatable bonds is 38. The molecule has 3 saturated carbocycles. The van der Waals surface area contributed by atoms with Gasteiger partial charge < -0.3 is 24.1 Å². The smallest absolute Gasteiger partial charge is 0.306 e. The minimum absolute atomic E-state index is 0.0185. The molecule has 9 heteroatoms. The third-order valence-corrected chi connectivity index (χ3v) is 19.4. The van der Waals surface area contributed by atoms with E-state index in [4.69, 9.17) is 18.9 Å². The maximum Gasteiger partial charge on any atom is 0.306 e. The summed E-state index contributed by atoms with van der Waals surface area (Å²) in [6.45, 7) is 18.8. The largest absolute Gasteiger partial charge is 0.507 e. The average molecular weight is 1080 g/mol. The number of carbonyl (C=O) groups is 2. The SMILES string of the molecule is CCCCCCCCCCOc1ccc(C(=O)N/N=C/c2ccc(OCCCCCCCC(=O)O[C@H]3CC[C@@]4(C)C(=CC[C@H]5[C@@H]6CC[C@H]([C@H](C)CCCC(C)C)[C@@]6(C)CC[C@@H]54)C3)cc2O)cc1OCCCCCCCCCC. The number of fused-ring (bicyclic) bond motifs is 5. The van der Waals surface area contributed by atoms with Gasteiger partial charge in [0, 0.05) is 30.0 Å². The standard InChI is InChI=1S/C69H110N2O7/c1-8-10-12-14-16-18-22-27-46-76-64-40-34-54(48-65(64)77-47-28-23-19-17-15-13-11-9-2)67(74)71-70-51-55-33-36-57(50-63(55)72)75-45-26-24-20-21-25-32-66(73)78-58-41-43-68(6)56(49-58)35-37-59-61-39-38-60(53(5)31-29-30-52(3)4)69(61,7)44-42-62(59)68/h33-36,40,48,50-53,58-62,72H,8-32,37-39,41-47,49H2,1-7H3,(H,71,74)/b70-51+/t53-,58+,59+,60-,61+,62+,68+,69-/m1/s1. The van der Waals surface area contributed by atoms with Crippen LogP contribution in [0, 0.1) is 46.3 Å². The van der Waals surface area contributed by atoms with Gasteiger partial charge in [-0.15, -0.1) is 0 Å². The van der Waals surface area contributed by atoms with Crippen LogP contribution in [0.25, 0.3) is 0 Å². The molecule has 6 rings (SSSR count). The van der Waals surface area contributed by atoms with E-state index in [1.54, 1.807) is 35.9 Å². The third kappa shape index (κ3) is 19.3. The van der Waals surface area contributed by atoms with Crippen molar-refractivity contribution in [3.05, 3.63) is 59.2 Å². The number of allylic oxidation sites excluding steroid dienone is 1. The Kier molecular flexibility index (Phi) is 27.3. The van der Waals surface area contributed by atoms with Crippen LogP contribution in [0.5, 0.6) is 23.0 Å². The summed E-state index contributed by atoms with van der Waals surface area (Å²) in [5.41, 5.74) is 5.86. The van der Waals surface area contributed by atoms with Crippen LogP contribution < -0.4 is 19.6 Å². The number of amides is 1. The van der Waals surface area contributed by atoms with Gasteiger partial charge in [0.2, 0.25) is 0 Å².